The third-order valence-corrected chi connectivity index (χ3v) is 21.2. The molecule has 2 amide bonds. The maximum absolute atomic E-state index is 13.6. The number of hydrogen-bond acceptors (Lipinski definition) is 20. The molecule has 23 nitrogen and oxygen atoms in total. The number of carboxylic acid groups (broad SMARTS) is 1. The van der Waals surface area contributed by atoms with Crippen molar-refractivity contribution in [2.75, 3.05) is 26.4 Å². The number of aliphatic hydroxyl groups excluding tert-OH is 11. The van der Waals surface area contributed by atoms with E-state index in [1.807, 2.05) is 6.08 Å². The van der Waals surface area contributed by atoms with Gasteiger partial charge in [0.25, 0.3) is 5.79 Å². The zero-order chi connectivity index (χ0) is 75.3. The van der Waals surface area contributed by atoms with E-state index in [9.17, 15) is 75.7 Å². The average Bonchev–Trinajstić information content (AvgIpc) is 0.754. The standard InChI is InChI=1S/C80H150N2O21/c1-4-6-8-10-12-14-16-18-20-22-24-26-28-29-30-31-32-34-36-38-40-42-44-46-48-50-52-54-67(90)82-61(62(87)53-51-49-47-45-43-41-39-37-35-33-27-25-23-21-19-17-15-13-11-9-7-5-2)59-98-77-72(94)71(93)74(66(58-85)100-77)101-78-73(95)76(70(92)65(57-84)99-78)103-80(79(96)97)55-63(88)68(81-60(3)86)75(102-80)69(91)64(89)56-83/h51,53,61-66,68-78,83-85,87-89,91-95H,4-50,52,54-59H2,1-3H3,(H,81,86)(H,82,90)(H,96,97)/b53-51+. The number of carboxylic acids is 1. The third-order valence-electron chi connectivity index (χ3n) is 21.2. The molecule has 3 heterocycles. The molecule has 0 bridgehead atoms. The van der Waals surface area contributed by atoms with E-state index in [0.717, 1.165) is 51.9 Å². The molecular formula is C80H150N2O21. The van der Waals surface area contributed by atoms with Crippen LogP contribution in [0.25, 0.3) is 0 Å². The Morgan fingerprint density at radius 2 is 0.903 bits per heavy atom. The predicted octanol–water partition coefficient (Wildman–Crippen LogP) is 11.4. The summed E-state index contributed by atoms with van der Waals surface area (Å²) in [7, 11) is 0. The van der Waals surface area contributed by atoms with Crippen LogP contribution in [0, 0.1) is 0 Å². The fourth-order valence-electron chi connectivity index (χ4n) is 14.7. The fourth-order valence-corrected chi connectivity index (χ4v) is 14.7. The normalized spacial score (nSPS) is 26.5. The van der Waals surface area contributed by atoms with Gasteiger partial charge >= 0.3 is 5.97 Å². The lowest BCUT2D eigenvalue weighted by Gasteiger charge is -2.50. The quantitative estimate of drug-likeness (QED) is 0.0199. The Labute approximate surface area is 620 Å². The van der Waals surface area contributed by atoms with E-state index in [1.165, 1.54) is 250 Å². The van der Waals surface area contributed by atoms with Gasteiger partial charge in [0.05, 0.1) is 50.7 Å². The molecule has 14 N–H and O–H groups in total. The van der Waals surface area contributed by atoms with Crippen LogP contribution in [0.15, 0.2) is 12.2 Å². The number of carbonyl (C=O) groups is 3. The second kappa shape index (κ2) is 59.4. The summed E-state index contributed by atoms with van der Waals surface area (Å²) in [6, 6.07) is -2.62. The minimum Gasteiger partial charge on any atom is -0.477 e. The molecule has 18 unspecified atom stereocenters. The van der Waals surface area contributed by atoms with Gasteiger partial charge < -0.3 is 100 Å². The molecular weight excluding hydrogens is 1320 g/mol. The first-order chi connectivity index (χ1) is 49.9. The van der Waals surface area contributed by atoms with Gasteiger partial charge in [-0.2, -0.15) is 0 Å². The van der Waals surface area contributed by atoms with Gasteiger partial charge in [0.15, 0.2) is 12.6 Å². The first-order valence-corrected chi connectivity index (χ1v) is 41.6. The molecule has 23 heteroatoms. The van der Waals surface area contributed by atoms with E-state index in [1.54, 1.807) is 6.08 Å². The van der Waals surface area contributed by atoms with Crippen LogP contribution in [0.1, 0.15) is 342 Å². The lowest BCUT2D eigenvalue weighted by atomic mass is 9.88. The molecule has 18 atom stereocenters. The summed E-state index contributed by atoms with van der Waals surface area (Å²) in [6.07, 6.45) is 35.3. The molecule has 0 aromatic rings. The Balaban J connectivity index is 1.51. The molecule has 0 saturated carbocycles. The lowest BCUT2D eigenvalue weighted by molar-refractivity contribution is -0.386. The molecule has 0 aromatic heterocycles. The van der Waals surface area contributed by atoms with Crippen LogP contribution in [-0.4, -0.2) is 215 Å². The van der Waals surface area contributed by atoms with Gasteiger partial charge in [0.1, 0.15) is 67.1 Å². The highest BCUT2D eigenvalue weighted by atomic mass is 16.8. The van der Waals surface area contributed by atoms with Gasteiger partial charge in [-0.15, -0.1) is 0 Å². The molecule has 0 aliphatic carbocycles. The van der Waals surface area contributed by atoms with Crippen molar-refractivity contribution in [2.24, 2.45) is 0 Å². The van der Waals surface area contributed by atoms with E-state index in [2.05, 4.69) is 24.5 Å². The van der Waals surface area contributed by atoms with Gasteiger partial charge in [0, 0.05) is 19.8 Å². The van der Waals surface area contributed by atoms with Crippen LogP contribution in [0.5, 0.6) is 0 Å². The monoisotopic (exact) mass is 1480 g/mol. The first kappa shape index (κ1) is 94.7. The highest BCUT2D eigenvalue weighted by molar-refractivity contribution is 5.77. The van der Waals surface area contributed by atoms with Crippen molar-refractivity contribution in [1.82, 2.24) is 10.6 Å². The van der Waals surface area contributed by atoms with Crippen molar-refractivity contribution in [3.63, 3.8) is 0 Å². The van der Waals surface area contributed by atoms with Crippen molar-refractivity contribution in [3.8, 4) is 0 Å². The van der Waals surface area contributed by atoms with Crippen LogP contribution in [0.2, 0.25) is 0 Å². The first-order valence-electron chi connectivity index (χ1n) is 41.6. The molecule has 3 aliphatic heterocycles. The highest BCUT2D eigenvalue weighted by Crippen LogP contribution is 2.39. The van der Waals surface area contributed by atoms with Crippen LogP contribution in [0.3, 0.4) is 0 Å². The van der Waals surface area contributed by atoms with Gasteiger partial charge in [-0.25, -0.2) is 4.79 Å². The average molecular weight is 1480 g/mol. The summed E-state index contributed by atoms with van der Waals surface area (Å²) in [5, 5.41) is 136. The predicted molar refractivity (Wildman–Crippen MR) is 398 cm³/mol. The Hall–Kier alpha value is -2.53. The minimum atomic E-state index is -3.08. The second-order valence-corrected chi connectivity index (χ2v) is 30.4. The number of hydrogen-bond donors (Lipinski definition) is 14. The molecule has 0 spiro atoms. The lowest BCUT2D eigenvalue weighted by Crippen LogP contribution is -2.70. The molecule has 103 heavy (non-hydrogen) atoms. The minimum absolute atomic E-state index is 0.206. The van der Waals surface area contributed by atoms with Crippen molar-refractivity contribution >= 4 is 17.8 Å². The topological polar surface area (TPSA) is 373 Å². The van der Waals surface area contributed by atoms with Crippen LogP contribution in [0.4, 0.5) is 0 Å². The summed E-state index contributed by atoms with van der Waals surface area (Å²) >= 11 is 0. The van der Waals surface area contributed by atoms with Crippen LogP contribution < -0.4 is 10.6 Å². The summed E-state index contributed by atoms with van der Waals surface area (Å²) < 4.78 is 34.9. The SMILES string of the molecule is CCCCCCCCCCCCCCCCCCCCCC/C=C/C(O)C(COC1OC(CO)C(OC2OC(CO)C(O)C(OC3(C(=O)O)CC(O)C(NC(C)=O)C(C(O)C(O)CO)O3)C2O)C(O)C1O)NC(=O)CCCCCCCCCCCCCCCCCCCCCCCCCCCCC. The van der Waals surface area contributed by atoms with Gasteiger partial charge in [0.2, 0.25) is 11.8 Å². The Morgan fingerprint density at radius 1 is 0.505 bits per heavy atom. The number of aliphatic hydroxyl groups is 11. The number of allylic oxidation sites excluding steroid dienone is 1. The second-order valence-electron chi connectivity index (χ2n) is 30.4. The third kappa shape index (κ3) is 39.6. The van der Waals surface area contributed by atoms with Crippen molar-refractivity contribution in [2.45, 2.75) is 452 Å². The van der Waals surface area contributed by atoms with Crippen LogP contribution >= 0.6 is 0 Å². The van der Waals surface area contributed by atoms with Crippen molar-refractivity contribution in [3.05, 3.63) is 12.2 Å². The van der Waals surface area contributed by atoms with E-state index in [4.69, 9.17) is 28.4 Å². The highest BCUT2D eigenvalue weighted by Gasteiger charge is 2.60. The van der Waals surface area contributed by atoms with E-state index < -0.39 is 155 Å². The summed E-state index contributed by atoms with van der Waals surface area (Å²) in [5.41, 5.74) is 0. The molecule has 3 aliphatic rings. The number of ether oxygens (including phenoxy) is 6. The molecule has 0 radical (unpaired) electrons. The molecule has 3 fully saturated rings. The Bertz CT molecular complexity index is 2100. The van der Waals surface area contributed by atoms with Crippen molar-refractivity contribution < 1.29 is 104 Å². The maximum atomic E-state index is 13.6. The summed E-state index contributed by atoms with van der Waals surface area (Å²) in [6.45, 7) is 2.21. The number of carbonyl (C=O) groups excluding carboxylic acids is 2. The number of unbranched alkanes of at least 4 members (excludes halogenated alkanes) is 46. The number of aliphatic carboxylic acids is 1. The molecule has 0 aromatic carbocycles. The number of rotatable bonds is 66. The zero-order valence-corrected chi connectivity index (χ0v) is 64.2. The van der Waals surface area contributed by atoms with E-state index >= 15 is 0 Å². The Morgan fingerprint density at radius 3 is 1.29 bits per heavy atom. The summed E-state index contributed by atoms with van der Waals surface area (Å²) in [4.78, 5) is 38.7. The zero-order valence-electron chi connectivity index (χ0n) is 64.2. The van der Waals surface area contributed by atoms with E-state index in [-0.39, 0.29) is 12.3 Å². The maximum Gasteiger partial charge on any atom is 0.364 e. The fraction of sp³-hybridized carbons (Fsp3) is 0.938. The summed E-state index contributed by atoms with van der Waals surface area (Å²) in [5.74, 6) is -6.13. The number of nitrogens with one attached hydrogen (secondary N) is 2. The number of amides is 2. The molecule has 606 valence electrons. The largest absolute Gasteiger partial charge is 0.477 e. The van der Waals surface area contributed by atoms with Gasteiger partial charge in [-0.3, -0.25) is 9.59 Å². The smallest absolute Gasteiger partial charge is 0.364 e. The molecule has 3 saturated heterocycles. The molecule has 3 rings (SSSR count). The Kier molecular flexibility index (Phi) is 54.6. The van der Waals surface area contributed by atoms with Crippen molar-refractivity contribution in [1.29, 1.82) is 0 Å². The van der Waals surface area contributed by atoms with Crippen LogP contribution in [-0.2, 0) is 42.8 Å². The van der Waals surface area contributed by atoms with Gasteiger partial charge in [-0.05, 0) is 19.3 Å². The van der Waals surface area contributed by atoms with E-state index in [0.29, 0.717) is 12.8 Å². The van der Waals surface area contributed by atoms with Gasteiger partial charge in [-0.1, -0.05) is 315 Å².